The first-order chi connectivity index (χ1) is 14.0. The van der Waals surface area contributed by atoms with Crippen molar-refractivity contribution in [1.82, 2.24) is 15.8 Å². The van der Waals surface area contributed by atoms with Crippen molar-refractivity contribution in [3.63, 3.8) is 0 Å². The molecular weight excluding hydrogens is 368 g/mol. The van der Waals surface area contributed by atoms with Crippen molar-refractivity contribution in [2.45, 2.75) is 13.5 Å². The molecule has 0 spiro atoms. The smallest absolute Gasteiger partial charge is 0.269 e. The Morgan fingerprint density at radius 2 is 1.72 bits per heavy atom. The minimum Gasteiger partial charge on any atom is -0.378 e. The summed E-state index contributed by atoms with van der Waals surface area (Å²) < 4.78 is 5.44. The summed E-state index contributed by atoms with van der Waals surface area (Å²) in [5.74, 6) is -0.601. The van der Waals surface area contributed by atoms with E-state index in [1.807, 2.05) is 43.1 Å². The van der Waals surface area contributed by atoms with Gasteiger partial charge in [0.25, 0.3) is 11.8 Å². The number of carbonyl (C=O) groups excluding carboxylic acids is 2. The van der Waals surface area contributed by atoms with Gasteiger partial charge in [-0.1, -0.05) is 35.9 Å². The molecule has 1 saturated heterocycles. The van der Waals surface area contributed by atoms with Crippen LogP contribution in [-0.2, 0) is 16.1 Å². The highest BCUT2D eigenvalue weighted by molar-refractivity contribution is 5.95. The minimum absolute atomic E-state index is 0.172. The normalized spacial score (nSPS) is 14.0. The molecule has 1 heterocycles. The number of likely N-dealkylation sites (N-methyl/N-ethyl adjacent to an activating group) is 1. The lowest BCUT2D eigenvalue weighted by Crippen LogP contribution is -2.45. The first kappa shape index (κ1) is 20.8. The molecular formula is C22H28N4O3. The maximum atomic E-state index is 12.2. The first-order valence-corrected chi connectivity index (χ1v) is 9.78. The van der Waals surface area contributed by atoms with Gasteiger partial charge in [0, 0.05) is 30.9 Å². The highest BCUT2D eigenvalue weighted by Crippen LogP contribution is 2.22. The number of para-hydroxylation sites is 1. The Labute approximate surface area is 171 Å². The van der Waals surface area contributed by atoms with E-state index in [-0.39, 0.29) is 18.4 Å². The molecule has 0 radical (unpaired) electrons. The highest BCUT2D eigenvalue weighted by atomic mass is 16.5. The molecule has 1 aliphatic rings. The Morgan fingerprint density at radius 3 is 2.45 bits per heavy atom. The molecule has 7 heteroatoms. The Bertz CT molecular complexity index is 832. The van der Waals surface area contributed by atoms with E-state index in [0.717, 1.165) is 37.4 Å². The van der Waals surface area contributed by atoms with Crippen LogP contribution in [0.4, 0.5) is 5.69 Å². The predicted molar refractivity (Wildman–Crippen MR) is 113 cm³/mol. The van der Waals surface area contributed by atoms with Crippen LogP contribution in [0.3, 0.4) is 0 Å². The number of nitrogens with zero attached hydrogens (tertiary/aromatic N) is 2. The number of hydrazine groups is 1. The molecule has 2 aromatic carbocycles. The largest absolute Gasteiger partial charge is 0.378 e. The number of amides is 2. The van der Waals surface area contributed by atoms with Crippen molar-refractivity contribution in [3.8, 4) is 0 Å². The zero-order valence-electron chi connectivity index (χ0n) is 17.0. The fraction of sp³-hybridized carbons (Fsp3) is 0.364. The Hall–Kier alpha value is -2.90. The molecule has 0 bridgehead atoms. The van der Waals surface area contributed by atoms with Crippen LogP contribution in [0.5, 0.6) is 0 Å². The number of rotatable bonds is 6. The van der Waals surface area contributed by atoms with Gasteiger partial charge in [0.2, 0.25) is 0 Å². The summed E-state index contributed by atoms with van der Waals surface area (Å²) in [7, 11) is 1.89. The zero-order valence-corrected chi connectivity index (χ0v) is 17.0. The lowest BCUT2D eigenvalue weighted by atomic mass is 10.1. The number of benzene rings is 2. The summed E-state index contributed by atoms with van der Waals surface area (Å²) in [5.41, 5.74) is 8.86. The first-order valence-electron chi connectivity index (χ1n) is 9.78. The van der Waals surface area contributed by atoms with Crippen LogP contribution in [-0.4, -0.2) is 56.6 Å². The van der Waals surface area contributed by atoms with Crippen LogP contribution in [0, 0.1) is 6.92 Å². The average Bonchev–Trinajstić information content (AvgIpc) is 2.73. The van der Waals surface area contributed by atoms with Crippen LogP contribution in [0.15, 0.2) is 48.5 Å². The van der Waals surface area contributed by atoms with E-state index in [9.17, 15) is 9.59 Å². The number of nitrogens with one attached hydrogen (secondary N) is 2. The molecule has 0 saturated carbocycles. The molecule has 0 aromatic heterocycles. The van der Waals surface area contributed by atoms with Crippen molar-refractivity contribution in [2.75, 3.05) is 44.8 Å². The number of anilines is 1. The topological polar surface area (TPSA) is 73.9 Å². The molecule has 1 aliphatic heterocycles. The minimum atomic E-state index is -0.335. The number of hydrogen-bond donors (Lipinski definition) is 2. The molecule has 1 fully saturated rings. The van der Waals surface area contributed by atoms with E-state index >= 15 is 0 Å². The van der Waals surface area contributed by atoms with E-state index in [0.29, 0.717) is 12.1 Å². The van der Waals surface area contributed by atoms with Gasteiger partial charge in [-0.25, -0.2) is 0 Å². The second kappa shape index (κ2) is 10.0. The second-order valence-corrected chi connectivity index (χ2v) is 7.27. The lowest BCUT2D eigenvalue weighted by Gasteiger charge is -2.31. The van der Waals surface area contributed by atoms with E-state index in [1.54, 1.807) is 12.1 Å². The zero-order chi connectivity index (χ0) is 20.6. The number of aryl methyl sites for hydroxylation is 1. The van der Waals surface area contributed by atoms with Crippen LogP contribution in [0.1, 0.15) is 21.5 Å². The van der Waals surface area contributed by atoms with Crippen LogP contribution < -0.4 is 15.8 Å². The fourth-order valence-corrected chi connectivity index (χ4v) is 3.29. The Balaban J connectivity index is 1.50. The van der Waals surface area contributed by atoms with Crippen LogP contribution >= 0.6 is 0 Å². The summed E-state index contributed by atoms with van der Waals surface area (Å²) >= 11 is 0. The number of hydrogen-bond acceptors (Lipinski definition) is 5. The molecule has 0 aliphatic carbocycles. The summed E-state index contributed by atoms with van der Waals surface area (Å²) in [5, 5.41) is 0. The standard InChI is InChI=1S/C22H28N4O3/c1-17-7-9-18(10-8-17)22(28)24-23-21(27)16-25(2)15-19-5-3-4-6-20(19)26-11-13-29-14-12-26/h3-10H,11-16H2,1-2H3,(H,23,27)(H,24,28). The molecule has 154 valence electrons. The van der Waals surface area contributed by atoms with Gasteiger partial charge in [0.1, 0.15) is 0 Å². The number of ether oxygens (including phenoxy) is 1. The van der Waals surface area contributed by atoms with E-state index in [4.69, 9.17) is 4.74 Å². The third-order valence-electron chi connectivity index (χ3n) is 4.83. The van der Waals surface area contributed by atoms with Crippen molar-refractivity contribution in [1.29, 1.82) is 0 Å². The van der Waals surface area contributed by atoms with Crippen molar-refractivity contribution < 1.29 is 14.3 Å². The number of morpholine rings is 1. The fourth-order valence-electron chi connectivity index (χ4n) is 3.29. The monoisotopic (exact) mass is 396 g/mol. The number of carbonyl (C=O) groups is 2. The Morgan fingerprint density at radius 1 is 1.03 bits per heavy atom. The third kappa shape index (κ3) is 6.04. The van der Waals surface area contributed by atoms with Gasteiger partial charge < -0.3 is 9.64 Å². The van der Waals surface area contributed by atoms with Crippen molar-refractivity contribution in [2.24, 2.45) is 0 Å². The molecule has 2 aromatic rings. The molecule has 0 unspecified atom stereocenters. The summed E-state index contributed by atoms with van der Waals surface area (Å²) in [6.07, 6.45) is 0. The lowest BCUT2D eigenvalue weighted by molar-refractivity contribution is -0.122. The van der Waals surface area contributed by atoms with Gasteiger partial charge >= 0.3 is 0 Å². The van der Waals surface area contributed by atoms with Gasteiger partial charge in [-0.15, -0.1) is 0 Å². The van der Waals surface area contributed by atoms with Gasteiger partial charge in [0.05, 0.1) is 19.8 Å². The summed E-state index contributed by atoms with van der Waals surface area (Å²) in [6.45, 7) is 5.95. The average molecular weight is 396 g/mol. The van der Waals surface area contributed by atoms with Crippen molar-refractivity contribution >= 4 is 17.5 Å². The summed E-state index contributed by atoms with van der Waals surface area (Å²) in [4.78, 5) is 28.6. The van der Waals surface area contributed by atoms with E-state index in [2.05, 4.69) is 27.9 Å². The van der Waals surface area contributed by atoms with Crippen LogP contribution in [0.2, 0.25) is 0 Å². The SMILES string of the molecule is Cc1ccc(C(=O)NNC(=O)CN(C)Cc2ccccc2N2CCOCC2)cc1. The molecule has 2 N–H and O–H groups in total. The maximum absolute atomic E-state index is 12.2. The molecule has 29 heavy (non-hydrogen) atoms. The predicted octanol–water partition coefficient (Wildman–Crippen LogP) is 1.72. The van der Waals surface area contributed by atoms with Gasteiger partial charge in [-0.2, -0.15) is 0 Å². The molecule has 7 nitrogen and oxygen atoms in total. The molecule has 0 atom stereocenters. The summed E-state index contributed by atoms with van der Waals surface area (Å²) in [6, 6.07) is 15.4. The second-order valence-electron chi connectivity index (χ2n) is 7.27. The van der Waals surface area contributed by atoms with Gasteiger partial charge in [-0.05, 0) is 37.7 Å². The molecule has 3 rings (SSSR count). The van der Waals surface area contributed by atoms with Gasteiger partial charge in [-0.3, -0.25) is 25.3 Å². The quantitative estimate of drug-likeness (QED) is 0.728. The van der Waals surface area contributed by atoms with Gasteiger partial charge in [0.15, 0.2) is 0 Å². The van der Waals surface area contributed by atoms with E-state index in [1.165, 1.54) is 5.69 Å². The third-order valence-corrected chi connectivity index (χ3v) is 4.83. The highest BCUT2D eigenvalue weighted by Gasteiger charge is 2.16. The van der Waals surface area contributed by atoms with Crippen molar-refractivity contribution in [3.05, 3.63) is 65.2 Å². The van der Waals surface area contributed by atoms with Crippen LogP contribution in [0.25, 0.3) is 0 Å². The molecule has 2 amide bonds. The maximum Gasteiger partial charge on any atom is 0.269 e. The van der Waals surface area contributed by atoms with E-state index < -0.39 is 0 Å². The Kier molecular flexibility index (Phi) is 7.21.